The van der Waals surface area contributed by atoms with Crippen molar-refractivity contribution in [3.8, 4) is 22.5 Å². The molecule has 0 fully saturated rings. The van der Waals surface area contributed by atoms with Crippen molar-refractivity contribution in [3.05, 3.63) is 71.8 Å². The molecule has 26 heavy (non-hydrogen) atoms. The van der Waals surface area contributed by atoms with Gasteiger partial charge >= 0.3 is 0 Å². The maximum atomic E-state index is 13.3. The maximum absolute atomic E-state index is 13.3. The summed E-state index contributed by atoms with van der Waals surface area (Å²) in [7, 11) is 0. The number of halogens is 1. The van der Waals surface area contributed by atoms with Crippen LogP contribution in [-0.2, 0) is 0 Å². The summed E-state index contributed by atoms with van der Waals surface area (Å²) in [6, 6.07) is 11.1. The molecular formula is C18H11FN4O2S. The lowest BCUT2D eigenvalue weighted by atomic mass is 10.1. The van der Waals surface area contributed by atoms with Crippen LogP contribution in [0.1, 0.15) is 10.6 Å². The van der Waals surface area contributed by atoms with E-state index in [4.69, 9.17) is 4.52 Å². The largest absolute Gasteiger partial charge is 0.350 e. The summed E-state index contributed by atoms with van der Waals surface area (Å²) in [6.45, 7) is 0. The average molecular weight is 366 g/mol. The van der Waals surface area contributed by atoms with E-state index >= 15 is 0 Å². The summed E-state index contributed by atoms with van der Waals surface area (Å²) < 4.78 is 18.4. The normalized spacial score (nSPS) is 10.7. The molecule has 0 bridgehead atoms. The number of rotatable bonds is 4. The lowest BCUT2D eigenvalue weighted by Gasteiger charge is -1.97. The molecule has 1 N–H and O–H groups in total. The first-order valence-electron chi connectivity index (χ1n) is 7.59. The van der Waals surface area contributed by atoms with Crippen LogP contribution in [0.25, 0.3) is 22.5 Å². The number of pyridine rings is 1. The first kappa shape index (κ1) is 16.1. The van der Waals surface area contributed by atoms with Crippen LogP contribution < -0.4 is 5.32 Å². The van der Waals surface area contributed by atoms with Crippen LogP contribution >= 0.6 is 11.3 Å². The molecule has 0 unspecified atom stereocenters. The second kappa shape index (κ2) is 6.85. The van der Waals surface area contributed by atoms with Gasteiger partial charge in [0.15, 0.2) is 5.13 Å². The molecule has 0 radical (unpaired) electrons. The van der Waals surface area contributed by atoms with Gasteiger partial charge in [-0.05, 0) is 24.3 Å². The third-order valence-electron chi connectivity index (χ3n) is 3.54. The van der Waals surface area contributed by atoms with Crippen LogP contribution in [-0.4, -0.2) is 21.0 Å². The smallest absolute Gasteiger partial charge is 0.296 e. The standard InChI is InChI=1S/C18H11FN4O2S/c19-13-5-1-3-11(7-13)14-8-16(25-23-14)17(24)22-18-21-15(10-26-18)12-4-2-6-20-9-12/h1-10H,(H,21,22,24). The monoisotopic (exact) mass is 366 g/mol. The Morgan fingerprint density at radius 3 is 2.81 bits per heavy atom. The van der Waals surface area contributed by atoms with E-state index in [0.29, 0.717) is 16.4 Å². The predicted octanol–water partition coefficient (Wildman–Crippen LogP) is 4.25. The average Bonchev–Trinajstić information content (AvgIpc) is 3.32. The minimum absolute atomic E-state index is 0.0161. The highest BCUT2D eigenvalue weighted by atomic mass is 32.1. The summed E-state index contributed by atoms with van der Waals surface area (Å²) in [6.07, 6.45) is 3.38. The van der Waals surface area contributed by atoms with E-state index in [0.717, 1.165) is 11.3 Å². The molecule has 128 valence electrons. The Kier molecular flexibility index (Phi) is 4.24. The Labute approximate surface area is 151 Å². The van der Waals surface area contributed by atoms with Gasteiger partial charge in [-0.2, -0.15) is 0 Å². The van der Waals surface area contributed by atoms with Gasteiger partial charge in [0.2, 0.25) is 5.76 Å². The van der Waals surface area contributed by atoms with Crippen LogP contribution in [0.5, 0.6) is 0 Å². The SMILES string of the molecule is O=C(Nc1nc(-c2cccnc2)cs1)c1cc(-c2cccc(F)c2)no1. The Bertz CT molecular complexity index is 1060. The molecule has 4 aromatic rings. The number of carbonyl (C=O) groups is 1. The second-order valence-corrected chi connectivity index (χ2v) is 6.18. The summed E-state index contributed by atoms with van der Waals surface area (Å²) in [5.74, 6) is -0.850. The predicted molar refractivity (Wildman–Crippen MR) is 95.2 cm³/mol. The van der Waals surface area contributed by atoms with Gasteiger partial charge < -0.3 is 4.52 Å². The van der Waals surface area contributed by atoms with E-state index in [1.54, 1.807) is 24.5 Å². The topological polar surface area (TPSA) is 80.9 Å². The van der Waals surface area contributed by atoms with Gasteiger partial charge in [0.1, 0.15) is 11.5 Å². The van der Waals surface area contributed by atoms with E-state index in [9.17, 15) is 9.18 Å². The highest BCUT2D eigenvalue weighted by Crippen LogP contribution is 2.25. The molecule has 8 heteroatoms. The van der Waals surface area contributed by atoms with Gasteiger partial charge in [-0.3, -0.25) is 15.1 Å². The quantitative estimate of drug-likeness (QED) is 0.584. The number of benzene rings is 1. The molecule has 0 aliphatic heterocycles. The number of hydrogen-bond donors (Lipinski definition) is 1. The van der Waals surface area contributed by atoms with E-state index in [2.05, 4.69) is 20.4 Å². The summed E-state index contributed by atoms with van der Waals surface area (Å²) in [5.41, 5.74) is 2.49. The fourth-order valence-corrected chi connectivity index (χ4v) is 3.02. The van der Waals surface area contributed by atoms with Gasteiger partial charge in [-0.25, -0.2) is 9.37 Å². The fourth-order valence-electron chi connectivity index (χ4n) is 2.30. The first-order valence-corrected chi connectivity index (χ1v) is 8.47. The Balaban J connectivity index is 1.50. The van der Waals surface area contributed by atoms with E-state index in [1.165, 1.54) is 29.5 Å². The second-order valence-electron chi connectivity index (χ2n) is 5.32. The molecule has 6 nitrogen and oxygen atoms in total. The van der Waals surface area contributed by atoms with Gasteiger partial charge in [-0.1, -0.05) is 17.3 Å². The number of aromatic nitrogens is 3. The number of amides is 1. The van der Waals surface area contributed by atoms with E-state index in [-0.39, 0.29) is 11.6 Å². The van der Waals surface area contributed by atoms with Crippen LogP contribution in [0, 0.1) is 5.82 Å². The zero-order valence-corrected chi connectivity index (χ0v) is 14.0. The maximum Gasteiger partial charge on any atom is 0.296 e. The van der Waals surface area contributed by atoms with Crippen molar-refractivity contribution >= 4 is 22.4 Å². The van der Waals surface area contributed by atoms with Crippen molar-refractivity contribution in [2.24, 2.45) is 0 Å². The molecule has 0 saturated heterocycles. The third-order valence-corrected chi connectivity index (χ3v) is 4.29. The molecule has 0 spiro atoms. The minimum Gasteiger partial charge on any atom is -0.350 e. The van der Waals surface area contributed by atoms with Crippen LogP contribution in [0.15, 0.2) is 64.8 Å². The zero-order valence-electron chi connectivity index (χ0n) is 13.2. The van der Waals surface area contributed by atoms with Crippen molar-refractivity contribution in [1.29, 1.82) is 0 Å². The highest BCUT2D eigenvalue weighted by molar-refractivity contribution is 7.14. The Morgan fingerprint density at radius 2 is 2.00 bits per heavy atom. The first-order chi connectivity index (χ1) is 12.7. The summed E-state index contributed by atoms with van der Waals surface area (Å²) in [5, 5.41) is 8.73. The number of nitrogens with one attached hydrogen (secondary N) is 1. The molecule has 4 rings (SSSR count). The van der Waals surface area contributed by atoms with Crippen LogP contribution in [0.4, 0.5) is 9.52 Å². The molecular weight excluding hydrogens is 355 g/mol. The van der Waals surface area contributed by atoms with Crippen molar-refractivity contribution in [1.82, 2.24) is 15.1 Å². The molecule has 3 heterocycles. The van der Waals surface area contributed by atoms with Gasteiger partial charge in [-0.15, -0.1) is 11.3 Å². The summed E-state index contributed by atoms with van der Waals surface area (Å²) >= 11 is 1.29. The number of thiazole rings is 1. The third kappa shape index (κ3) is 3.35. The molecule has 3 aromatic heterocycles. The number of nitrogens with zero attached hydrogens (tertiary/aromatic N) is 3. The van der Waals surface area contributed by atoms with Gasteiger partial charge in [0, 0.05) is 35.0 Å². The van der Waals surface area contributed by atoms with Crippen molar-refractivity contribution in [3.63, 3.8) is 0 Å². The molecule has 1 amide bonds. The molecule has 0 aliphatic carbocycles. The minimum atomic E-state index is -0.479. The van der Waals surface area contributed by atoms with Crippen LogP contribution in [0.3, 0.4) is 0 Å². The lowest BCUT2D eigenvalue weighted by molar-refractivity contribution is 0.0988. The molecule has 0 saturated carbocycles. The molecule has 1 aromatic carbocycles. The molecule has 0 aliphatic rings. The zero-order chi connectivity index (χ0) is 17.9. The fraction of sp³-hybridized carbons (Fsp3) is 0. The number of anilines is 1. The van der Waals surface area contributed by atoms with Gasteiger partial charge in [0.05, 0.1) is 5.69 Å². The molecule has 0 atom stereocenters. The number of carbonyl (C=O) groups excluding carboxylic acids is 1. The highest BCUT2D eigenvalue weighted by Gasteiger charge is 2.16. The van der Waals surface area contributed by atoms with Gasteiger partial charge in [0.25, 0.3) is 5.91 Å². The number of hydrogen-bond acceptors (Lipinski definition) is 6. The Morgan fingerprint density at radius 1 is 1.12 bits per heavy atom. The van der Waals surface area contributed by atoms with E-state index < -0.39 is 5.91 Å². The van der Waals surface area contributed by atoms with E-state index in [1.807, 2.05) is 17.5 Å². The lowest BCUT2D eigenvalue weighted by Crippen LogP contribution is -2.10. The van der Waals surface area contributed by atoms with Crippen molar-refractivity contribution < 1.29 is 13.7 Å². The summed E-state index contributed by atoms with van der Waals surface area (Å²) in [4.78, 5) is 20.7. The van der Waals surface area contributed by atoms with Crippen molar-refractivity contribution in [2.45, 2.75) is 0 Å². The van der Waals surface area contributed by atoms with Crippen LogP contribution in [0.2, 0.25) is 0 Å². The van der Waals surface area contributed by atoms with Crippen molar-refractivity contribution in [2.75, 3.05) is 5.32 Å². The Hall–Kier alpha value is -3.39.